The van der Waals surface area contributed by atoms with Crippen molar-refractivity contribution in [1.82, 2.24) is 14.5 Å². The summed E-state index contributed by atoms with van der Waals surface area (Å²) >= 11 is 0. The monoisotopic (exact) mass is 473 g/mol. The predicted molar refractivity (Wildman–Crippen MR) is 130 cm³/mol. The van der Waals surface area contributed by atoms with Crippen molar-refractivity contribution < 1.29 is 18.0 Å². The average Bonchev–Trinajstić information content (AvgIpc) is 2.78. The zero-order valence-electron chi connectivity index (χ0n) is 20.1. The number of hydrogen-bond acceptors (Lipinski definition) is 4. The Morgan fingerprint density at radius 3 is 2.15 bits per heavy atom. The molecule has 2 aromatic carbocycles. The van der Waals surface area contributed by atoms with E-state index in [4.69, 9.17) is 0 Å². The Balaban J connectivity index is 2.28. The molecule has 0 saturated heterocycles. The molecular formula is C25H35N3O4S. The lowest BCUT2D eigenvalue weighted by Crippen LogP contribution is -2.52. The Kier molecular flexibility index (Phi) is 9.61. The fourth-order valence-corrected chi connectivity index (χ4v) is 4.50. The summed E-state index contributed by atoms with van der Waals surface area (Å²) in [4.78, 5) is 27.9. The number of hydrogen-bond donors (Lipinski definition) is 1. The van der Waals surface area contributed by atoms with Crippen LogP contribution in [-0.4, -0.2) is 55.6 Å². The van der Waals surface area contributed by atoms with E-state index in [0.29, 0.717) is 13.0 Å². The van der Waals surface area contributed by atoms with Gasteiger partial charge in [-0.05, 0) is 37.0 Å². The summed E-state index contributed by atoms with van der Waals surface area (Å²) in [5.41, 5.74) is 1.81. The largest absolute Gasteiger partial charge is 0.354 e. The third-order valence-corrected chi connectivity index (χ3v) is 7.17. The van der Waals surface area contributed by atoms with Crippen LogP contribution < -0.4 is 5.32 Å². The molecular weight excluding hydrogens is 438 g/mol. The lowest BCUT2D eigenvalue weighted by Gasteiger charge is -2.32. The lowest BCUT2D eigenvalue weighted by atomic mass is 10.1. The van der Waals surface area contributed by atoms with Crippen LogP contribution in [0.25, 0.3) is 0 Å². The second-order valence-corrected chi connectivity index (χ2v) is 10.7. The molecule has 0 spiro atoms. The Hall–Kier alpha value is -2.71. The van der Waals surface area contributed by atoms with Crippen LogP contribution in [0.15, 0.2) is 59.5 Å². The van der Waals surface area contributed by atoms with Gasteiger partial charge in [-0.25, -0.2) is 8.42 Å². The number of likely N-dealkylation sites (N-methyl/N-ethyl adjacent to an activating group) is 1. The molecule has 1 N–H and O–H groups in total. The third kappa shape index (κ3) is 7.40. The highest BCUT2D eigenvalue weighted by atomic mass is 32.2. The SMILES string of the molecule is CC[C@H](C(=O)NCC(C)C)N(Cc1ccccc1)C(=O)CN(C)S(=O)(=O)c1ccc(C)cc1. The summed E-state index contributed by atoms with van der Waals surface area (Å²) in [5.74, 6) is -0.390. The van der Waals surface area contributed by atoms with E-state index in [1.54, 1.807) is 12.1 Å². The molecule has 2 amide bonds. The number of nitrogens with zero attached hydrogens (tertiary/aromatic N) is 2. The van der Waals surface area contributed by atoms with E-state index >= 15 is 0 Å². The number of nitrogens with one attached hydrogen (secondary N) is 1. The van der Waals surface area contributed by atoms with Crippen molar-refractivity contribution in [3.8, 4) is 0 Å². The Bertz CT molecular complexity index is 1020. The molecule has 0 aliphatic rings. The topological polar surface area (TPSA) is 86.8 Å². The quantitative estimate of drug-likeness (QED) is 0.543. The van der Waals surface area contributed by atoms with Crippen LogP contribution in [0.4, 0.5) is 0 Å². The number of amides is 2. The van der Waals surface area contributed by atoms with Gasteiger partial charge in [0.05, 0.1) is 11.4 Å². The van der Waals surface area contributed by atoms with Gasteiger partial charge >= 0.3 is 0 Å². The van der Waals surface area contributed by atoms with Crippen molar-refractivity contribution in [2.24, 2.45) is 5.92 Å². The van der Waals surface area contributed by atoms with Crippen molar-refractivity contribution in [1.29, 1.82) is 0 Å². The zero-order chi connectivity index (χ0) is 24.6. The molecule has 0 aliphatic carbocycles. The number of rotatable bonds is 11. The standard InChI is InChI=1S/C25H35N3O4S/c1-6-23(25(30)26-16-19(2)3)28(17-21-10-8-7-9-11-21)24(29)18-27(5)33(31,32)22-14-12-20(4)13-15-22/h7-15,19,23H,6,16-18H2,1-5H3,(H,26,30)/t23-/m1/s1. The highest BCUT2D eigenvalue weighted by Crippen LogP contribution is 2.17. The third-order valence-electron chi connectivity index (χ3n) is 5.35. The summed E-state index contributed by atoms with van der Waals surface area (Å²) < 4.78 is 27.0. The van der Waals surface area contributed by atoms with E-state index < -0.39 is 22.0 Å². The second-order valence-electron chi connectivity index (χ2n) is 8.64. The van der Waals surface area contributed by atoms with E-state index in [9.17, 15) is 18.0 Å². The van der Waals surface area contributed by atoms with Gasteiger partial charge in [-0.15, -0.1) is 0 Å². The minimum absolute atomic E-state index is 0.125. The second kappa shape index (κ2) is 12.0. The highest BCUT2D eigenvalue weighted by Gasteiger charge is 2.31. The van der Waals surface area contributed by atoms with Gasteiger partial charge in [0.2, 0.25) is 21.8 Å². The molecule has 0 radical (unpaired) electrons. The molecule has 0 aliphatic heterocycles. The minimum Gasteiger partial charge on any atom is -0.354 e. The van der Waals surface area contributed by atoms with E-state index in [2.05, 4.69) is 5.32 Å². The molecule has 0 unspecified atom stereocenters. The number of sulfonamides is 1. The van der Waals surface area contributed by atoms with Crippen molar-refractivity contribution in [2.45, 2.75) is 51.6 Å². The molecule has 0 saturated carbocycles. The molecule has 0 aromatic heterocycles. The maximum atomic E-state index is 13.4. The first-order chi connectivity index (χ1) is 15.6. The molecule has 0 heterocycles. The fourth-order valence-electron chi connectivity index (χ4n) is 3.38. The van der Waals surface area contributed by atoms with Crippen LogP contribution >= 0.6 is 0 Å². The molecule has 8 heteroatoms. The number of carbonyl (C=O) groups is 2. The van der Waals surface area contributed by atoms with E-state index in [1.165, 1.54) is 24.1 Å². The maximum Gasteiger partial charge on any atom is 0.243 e. The van der Waals surface area contributed by atoms with Crippen LogP contribution in [0.3, 0.4) is 0 Å². The number of benzene rings is 2. The smallest absolute Gasteiger partial charge is 0.243 e. The van der Waals surface area contributed by atoms with Crippen molar-refractivity contribution >= 4 is 21.8 Å². The van der Waals surface area contributed by atoms with Crippen LogP contribution in [-0.2, 0) is 26.2 Å². The zero-order valence-corrected chi connectivity index (χ0v) is 20.9. The van der Waals surface area contributed by atoms with Gasteiger partial charge in [0.25, 0.3) is 0 Å². The van der Waals surface area contributed by atoms with Crippen LogP contribution in [0, 0.1) is 12.8 Å². The van der Waals surface area contributed by atoms with Crippen LogP contribution in [0.5, 0.6) is 0 Å². The normalized spacial score (nSPS) is 12.6. The summed E-state index contributed by atoms with van der Waals surface area (Å²) in [6.45, 7) is 8.07. The first kappa shape index (κ1) is 26.5. The number of aryl methyl sites for hydroxylation is 1. The first-order valence-electron chi connectivity index (χ1n) is 11.2. The summed E-state index contributed by atoms with van der Waals surface area (Å²) in [7, 11) is -2.46. The number of carbonyl (C=O) groups excluding carboxylic acids is 2. The Morgan fingerprint density at radius 2 is 1.61 bits per heavy atom. The molecule has 2 aromatic rings. The molecule has 33 heavy (non-hydrogen) atoms. The van der Waals surface area contributed by atoms with Gasteiger partial charge in [-0.1, -0.05) is 68.8 Å². The lowest BCUT2D eigenvalue weighted by molar-refractivity contribution is -0.141. The fraction of sp³-hybridized carbons (Fsp3) is 0.440. The van der Waals surface area contributed by atoms with Gasteiger partial charge in [-0.3, -0.25) is 9.59 Å². The molecule has 7 nitrogen and oxygen atoms in total. The van der Waals surface area contributed by atoms with E-state index in [1.807, 2.05) is 58.0 Å². The Labute approximate surface area is 197 Å². The van der Waals surface area contributed by atoms with Gasteiger partial charge in [0, 0.05) is 20.1 Å². The molecule has 0 bridgehead atoms. The summed E-state index contributed by atoms with van der Waals surface area (Å²) in [6.07, 6.45) is 0.414. The Morgan fingerprint density at radius 1 is 1.00 bits per heavy atom. The van der Waals surface area contributed by atoms with Crippen LogP contribution in [0.1, 0.15) is 38.3 Å². The molecule has 2 rings (SSSR count). The van der Waals surface area contributed by atoms with Gasteiger partial charge < -0.3 is 10.2 Å². The molecule has 0 fully saturated rings. The summed E-state index contributed by atoms with van der Waals surface area (Å²) in [6, 6.07) is 15.2. The van der Waals surface area contributed by atoms with E-state index in [-0.39, 0.29) is 29.8 Å². The van der Waals surface area contributed by atoms with Crippen molar-refractivity contribution in [2.75, 3.05) is 20.1 Å². The van der Waals surface area contributed by atoms with E-state index in [0.717, 1.165) is 15.4 Å². The minimum atomic E-state index is -3.85. The van der Waals surface area contributed by atoms with Gasteiger partial charge in [0.15, 0.2) is 0 Å². The molecule has 180 valence electrons. The summed E-state index contributed by atoms with van der Waals surface area (Å²) in [5, 5.41) is 2.90. The average molecular weight is 474 g/mol. The van der Waals surface area contributed by atoms with Gasteiger partial charge in [0.1, 0.15) is 6.04 Å². The molecule has 1 atom stereocenters. The predicted octanol–water partition coefficient (Wildman–Crippen LogP) is 3.20. The maximum absolute atomic E-state index is 13.4. The van der Waals surface area contributed by atoms with Crippen molar-refractivity contribution in [3.05, 3.63) is 65.7 Å². The highest BCUT2D eigenvalue weighted by molar-refractivity contribution is 7.89. The van der Waals surface area contributed by atoms with Gasteiger partial charge in [-0.2, -0.15) is 4.31 Å². The first-order valence-corrected chi connectivity index (χ1v) is 12.6. The van der Waals surface area contributed by atoms with Crippen molar-refractivity contribution in [3.63, 3.8) is 0 Å². The van der Waals surface area contributed by atoms with Crippen LogP contribution in [0.2, 0.25) is 0 Å².